The first-order valence-corrected chi connectivity index (χ1v) is 6.01. The summed E-state index contributed by atoms with van der Waals surface area (Å²) in [7, 11) is 0. The van der Waals surface area contributed by atoms with Crippen LogP contribution in [-0.4, -0.2) is 41.1 Å². The lowest BCUT2D eigenvalue weighted by Crippen LogP contribution is -2.43. The van der Waals surface area contributed by atoms with Crippen LogP contribution in [0.25, 0.3) is 11.0 Å². The zero-order valence-corrected chi connectivity index (χ0v) is 10.1. The molecule has 1 aliphatic heterocycles. The van der Waals surface area contributed by atoms with E-state index < -0.39 is 4.92 Å². The normalized spacial score (nSPS) is 15.9. The number of aromatic nitrogens is 2. The molecule has 0 atom stereocenters. The highest BCUT2D eigenvalue weighted by atomic mass is 16.6. The molecule has 3 rings (SSSR count). The molecule has 1 aromatic heterocycles. The topological polar surface area (TPSA) is 107 Å². The van der Waals surface area contributed by atoms with Crippen molar-refractivity contribution in [2.45, 2.75) is 0 Å². The van der Waals surface area contributed by atoms with Crippen LogP contribution in [0.1, 0.15) is 0 Å². The first-order chi connectivity index (χ1) is 9.15. The van der Waals surface area contributed by atoms with Crippen molar-refractivity contribution in [3.8, 4) is 0 Å². The number of hydrogen-bond acceptors (Lipinski definition) is 5. The Morgan fingerprint density at radius 3 is 2.42 bits per heavy atom. The van der Waals surface area contributed by atoms with Crippen LogP contribution in [0, 0.1) is 10.1 Å². The van der Waals surface area contributed by atoms with Gasteiger partial charge >= 0.3 is 5.69 Å². The summed E-state index contributed by atoms with van der Waals surface area (Å²) in [6.07, 6.45) is 0. The number of fused-ring (bicyclic) bond motifs is 1. The molecule has 0 unspecified atom stereocenters. The average Bonchev–Trinajstić information content (AvgIpc) is 2.77. The molecule has 3 N–H and O–H groups in total. The minimum absolute atomic E-state index is 0.0182. The summed E-state index contributed by atoms with van der Waals surface area (Å²) < 4.78 is 0. The summed E-state index contributed by atoms with van der Waals surface area (Å²) >= 11 is 0. The van der Waals surface area contributed by atoms with Gasteiger partial charge in [-0.2, -0.15) is 0 Å². The van der Waals surface area contributed by atoms with E-state index in [0.29, 0.717) is 29.8 Å². The Hall–Kier alpha value is -2.35. The number of benzene rings is 1. The van der Waals surface area contributed by atoms with Crippen LogP contribution in [0.3, 0.4) is 0 Å². The molecular formula is C11H13N5O3. The summed E-state index contributed by atoms with van der Waals surface area (Å²) in [5, 5.41) is 14.4. The first-order valence-electron chi connectivity index (χ1n) is 6.01. The maximum Gasteiger partial charge on any atom is 0.323 e. The van der Waals surface area contributed by atoms with E-state index in [2.05, 4.69) is 15.3 Å². The van der Waals surface area contributed by atoms with Gasteiger partial charge in [-0.25, -0.2) is 4.79 Å². The van der Waals surface area contributed by atoms with Gasteiger partial charge < -0.3 is 20.2 Å². The minimum atomic E-state index is -0.415. The third-order valence-corrected chi connectivity index (χ3v) is 3.27. The Bertz CT molecular complexity index is 683. The molecule has 1 aromatic carbocycles. The van der Waals surface area contributed by atoms with E-state index in [1.54, 1.807) is 6.07 Å². The van der Waals surface area contributed by atoms with Gasteiger partial charge in [0, 0.05) is 32.2 Å². The quantitative estimate of drug-likeness (QED) is 0.529. The molecule has 0 aliphatic carbocycles. The molecule has 1 aliphatic rings. The van der Waals surface area contributed by atoms with Crippen LogP contribution in [0.2, 0.25) is 0 Å². The van der Waals surface area contributed by atoms with Crippen LogP contribution >= 0.6 is 0 Å². The minimum Gasteiger partial charge on any atom is -0.363 e. The molecule has 8 nitrogen and oxygen atoms in total. The first kappa shape index (κ1) is 11.7. The van der Waals surface area contributed by atoms with E-state index in [-0.39, 0.29) is 11.4 Å². The Morgan fingerprint density at radius 1 is 1.16 bits per heavy atom. The van der Waals surface area contributed by atoms with Crippen molar-refractivity contribution >= 4 is 22.4 Å². The van der Waals surface area contributed by atoms with Gasteiger partial charge in [-0.05, 0) is 6.07 Å². The monoisotopic (exact) mass is 263 g/mol. The van der Waals surface area contributed by atoms with Crippen molar-refractivity contribution < 1.29 is 4.92 Å². The van der Waals surface area contributed by atoms with Crippen LogP contribution in [0.5, 0.6) is 0 Å². The van der Waals surface area contributed by atoms with Gasteiger partial charge in [0.15, 0.2) is 0 Å². The van der Waals surface area contributed by atoms with E-state index in [4.69, 9.17) is 0 Å². The number of hydrogen-bond donors (Lipinski definition) is 3. The van der Waals surface area contributed by atoms with E-state index >= 15 is 0 Å². The van der Waals surface area contributed by atoms with Gasteiger partial charge in [-0.3, -0.25) is 10.1 Å². The molecule has 0 saturated carbocycles. The van der Waals surface area contributed by atoms with Gasteiger partial charge in [-0.15, -0.1) is 0 Å². The number of rotatable bonds is 2. The molecular weight excluding hydrogens is 250 g/mol. The smallest absolute Gasteiger partial charge is 0.323 e. The van der Waals surface area contributed by atoms with Crippen LogP contribution in [0.15, 0.2) is 16.9 Å². The lowest BCUT2D eigenvalue weighted by atomic mass is 10.2. The zero-order chi connectivity index (χ0) is 13.4. The molecule has 0 amide bonds. The lowest BCUT2D eigenvalue weighted by Gasteiger charge is -2.29. The zero-order valence-electron chi connectivity index (χ0n) is 10.1. The molecule has 0 radical (unpaired) electrons. The molecule has 1 fully saturated rings. The maximum atomic E-state index is 11.3. The number of H-pyrrole nitrogens is 2. The molecule has 2 heterocycles. The number of nitro groups is 1. The SMILES string of the molecule is O=c1[nH]c2cc(N3CCNCC3)c([N+](=O)[O-])cc2[nH]1. The second-order valence-corrected chi connectivity index (χ2v) is 4.46. The number of nitrogens with zero attached hydrogens (tertiary/aromatic N) is 2. The summed E-state index contributed by atoms with van der Waals surface area (Å²) in [4.78, 5) is 29.1. The molecule has 8 heteroatoms. The third-order valence-electron chi connectivity index (χ3n) is 3.27. The van der Waals surface area contributed by atoms with Gasteiger partial charge in [0.25, 0.3) is 5.69 Å². The molecule has 100 valence electrons. The van der Waals surface area contributed by atoms with Crippen molar-refractivity contribution in [2.75, 3.05) is 31.1 Å². The lowest BCUT2D eigenvalue weighted by molar-refractivity contribution is -0.384. The molecule has 0 spiro atoms. The highest BCUT2D eigenvalue weighted by molar-refractivity contribution is 5.85. The second kappa shape index (κ2) is 4.39. The van der Waals surface area contributed by atoms with Crippen LogP contribution < -0.4 is 15.9 Å². The standard InChI is InChI=1S/C11H13N5O3/c17-11-13-7-5-9(15-3-1-12-2-4-15)10(16(18)19)6-8(7)14-11/h5-6,12H,1-4H2,(H2,13,14,17). The third kappa shape index (κ3) is 2.06. The second-order valence-electron chi connectivity index (χ2n) is 4.46. The Labute approximate surface area is 107 Å². The number of aromatic amines is 2. The molecule has 1 saturated heterocycles. The molecule has 0 bridgehead atoms. The summed E-state index contributed by atoms with van der Waals surface area (Å²) in [6, 6.07) is 3.07. The number of anilines is 1. The van der Waals surface area contributed by atoms with Gasteiger partial charge in [0.2, 0.25) is 0 Å². The largest absolute Gasteiger partial charge is 0.363 e. The van der Waals surface area contributed by atoms with Crippen molar-refractivity contribution in [1.82, 2.24) is 15.3 Å². The Balaban J connectivity index is 2.16. The fourth-order valence-electron chi connectivity index (χ4n) is 2.36. The highest BCUT2D eigenvalue weighted by Gasteiger charge is 2.22. The van der Waals surface area contributed by atoms with Gasteiger partial charge in [-0.1, -0.05) is 0 Å². The van der Waals surface area contributed by atoms with Crippen molar-refractivity contribution in [2.24, 2.45) is 0 Å². The fraction of sp³-hybridized carbons (Fsp3) is 0.364. The van der Waals surface area contributed by atoms with Crippen molar-refractivity contribution in [3.63, 3.8) is 0 Å². The van der Waals surface area contributed by atoms with Crippen LogP contribution in [-0.2, 0) is 0 Å². The summed E-state index contributed by atoms with van der Waals surface area (Å²) in [6.45, 7) is 3.00. The summed E-state index contributed by atoms with van der Waals surface area (Å²) in [5.41, 5.74) is 1.25. The van der Waals surface area contributed by atoms with Crippen LogP contribution in [0.4, 0.5) is 11.4 Å². The number of nitrogens with one attached hydrogen (secondary N) is 3. The van der Waals surface area contributed by atoms with E-state index in [0.717, 1.165) is 13.1 Å². The molecule has 19 heavy (non-hydrogen) atoms. The van der Waals surface area contributed by atoms with Gasteiger partial charge in [0.05, 0.1) is 16.0 Å². The fourth-order valence-corrected chi connectivity index (χ4v) is 2.36. The predicted octanol–water partition coefficient (Wildman–Crippen LogP) is 0.174. The van der Waals surface area contributed by atoms with Crippen molar-refractivity contribution in [3.05, 3.63) is 32.7 Å². The van der Waals surface area contributed by atoms with E-state index in [1.165, 1.54) is 6.07 Å². The summed E-state index contributed by atoms with van der Waals surface area (Å²) in [5.74, 6) is 0. The number of piperazine rings is 1. The number of imidazole rings is 1. The predicted molar refractivity (Wildman–Crippen MR) is 70.7 cm³/mol. The molecule has 2 aromatic rings. The van der Waals surface area contributed by atoms with E-state index in [9.17, 15) is 14.9 Å². The van der Waals surface area contributed by atoms with Crippen molar-refractivity contribution in [1.29, 1.82) is 0 Å². The van der Waals surface area contributed by atoms with Gasteiger partial charge in [0.1, 0.15) is 5.69 Å². The maximum absolute atomic E-state index is 11.3. The highest BCUT2D eigenvalue weighted by Crippen LogP contribution is 2.31. The number of nitro benzene ring substituents is 1. The van der Waals surface area contributed by atoms with E-state index in [1.807, 2.05) is 4.90 Å². The Morgan fingerprint density at radius 2 is 1.79 bits per heavy atom. The average molecular weight is 263 g/mol. The Kier molecular flexibility index (Phi) is 2.71.